The minimum absolute atomic E-state index is 0.0574. The van der Waals surface area contributed by atoms with Crippen LogP contribution < -0.4 is 10.2 Å². The predicted molar refractivity (Wildman–Crippen MR) is 163 cm³/mol. The van der Waals surface area contributed by atoms with E-state index in [9.17, 15) is 9.59 Å². The van der Waals surface area contributed by atoms with Gasteiger partial charge in [-0.25, -0.2) is 0 Å². The number of para-hydroxylation sites is 1. The van der Waals surface area contributed by atoms with E-state index in [2.05, 4.69) is 50.4 Å². The van der Waals surface area contributed by atoms with Gasteiger partial charge >= 0.3 is 0 Å². The van der Waals surface area contributed by atoms with Crippen molar-refractivity contribution >= 4 is 17.5 Å². The normalized spacial score (nSPS) is 12.4. The lowest BCUT2D eigenvalue weighted by Gasteiger charge is -2.23. The van der Waals surface area contributed by atoms with Crippen LogP contribution in [0.25, 0.3) is 11.1 Å². The maximum absolute atomic E-state index is 14.1. The topological polar surface area (TPSA) is 59.3 Å². The molecular formula is C35H34N4O2. The summed E-state index contributed by atoms with van der Waals surface area (Å²) >= 11 is 0. The SMILES string of the molecule is Cc1cc(C(=O)N2Cc3ccc(C(=O)NCc4cccn4C)n3Cc3ccccc32)ccc1-c1c(C)cccc1C. The summed E-state index contributed by atoms with van der Waals surface area (Å²) in [6.07, 6.45) is 1.96. The molecule has 3 aromatic carbocycles. The monoisotopic (exact) mass is 542 g/mol. The molecule has 3 heterocycles. The van der Waals surface area contributed by atoms with Gasteiger partial charge in [-0.3, -0.25) is 9.59 Å². The summed E-state index contributed by atoms with van der Waals surface area (Å²) in [4.78, 5) is 29.2. The number of amides is 2. The Balaban J connectivity index is 1.31. The van der Waals surface area contributed by atoms with Gasteiger partial charge in [-0.2, -0.15) is 0 Å². The van der Waals surface area contributed by atoms with E-state index >= 15 is 0 Å². The zero-order chi connectivity index (χ0) is 28.7. The minimum Gasteiger partial charge on any atom is -0.353 e. The van der Waals surface area contributed by atoms with Gasteiger partial charge in [-0.1, -0.05) is 42.5 Å². The molecule has 0 saturated carbocycles. The van der Waals surface area contributed by atoms with Crippen LogP contribution in [-0.2, 0) is 26.7 Å². The summed E-state index contributed by atoms with van der Waals surface area (Å²) in [6, 6.07) is 28.1. The number of hydrogen-bond acceptors (Lipinski definition) is 2. The van der Waals surface area contributed by atoms with Gasteiger partial charge in [0.15, 0.2) is 0 Å². The molecule has 0 saturated heterocycles. The first-order chi connectivity index (χ1) is 19.8. The van der Waals surface area contributed by atoms with Gasteiger partial charge in [0.2, 0.25) is 0 Å². The molecule has 6 heteroatoms. The van der Waals surface area contributed by atoms with Crippen molar-refractivity contribution in [1.29, 1.82) is 0 Å². The molecule has 6 rings (SSSR count). The van der Waals surface area contributed by atoms with Crippen molar-refractivity contribution in [1.82, 2.24) is 14.5 Å². The van der Waals surface area contributed by atoms with E-state index in [1.54, 1.807) is 0 Å². The third-order valence-corrected chi connectivity index (χ3v) is 8.19. The molecule has 0 atom stereocenters. The molecule has 0 unspecified atom stereocenters. The molecule has 0 bridgehead atoms. The van der Waals surface area contributed by atoms with Crippen molar-refractivity contribution in [3.05, 3.63) is 136 Å². The second-order valence-electron chi connectivity index (χ2n) is 10.9. The van der Waals surface area contributed by atoms with Crippen LogP contribution in [0.5, 0.6) is 0 Å². The van der Waals surface area contributed by atoms with Crippen LogP contribution in [0.15, 0.2) is 91.1 Å². The molecule has 1 N–H and O–H groups in total. The molecule has 0 aliphatic carbocycles. The van der Waals surface area contributed by atoms with E-state index < -0.39 is 0 Å². The lowest BCUT2D eigenvalue weighted by atomic mass is 9.91. The molecular weight excluding hydrogens is 508 g/mol. The molecule has 0 spiro atoms. The molecule has 0 fully saturated rings. The number of hydrogen-bond donors (Lipinski definition) is 1. The van der Waals surface area contributed by atoms with Crippen LogP contribution in [0.2, 0.25) is 0 Å². The van der Waals surface area contributed by atoms with E-state index in [1.807, 2.05) is 87.9 Å². The highest BCUT2D eigenvalue weighted by atomic mass is 16.2. The lowest BCUT2D eigenvalue weighted by Crippen LogP contribution is -2.31. The Labute approximate surface area is 240 Å². The summed E-state index contributed by atoms with van der Waals surface area (Å²) in [6.45, 7) is 7.65. The Bertz CT molecular complexity index is 1770. The molecule has 2 amide bonds. The van der Waals surface area contributed by atoms with Crippen molar-refractivity contribution in [2.24, 2.45) is 7.05 Å². The van der Waals surface area contributed by atoms with Crippen molar-refractivity contribution in [3.8, 4) is 11.1 Å². The molecule has 2 aromatic heterocycles. The molecule has 5 aromatic rings. The lowest BCUT2D eigenvalue weighted by molar-refractivity contribution is 0.0940. The van der Waals surface area contributed by atoms with E-state index in [-0.39, 0.29) is 11.8 Å². The van der Waals surface area contributed by atoms with Gasteiger partial charge in [0.1, 0.15) is 5.69 Å². The van der Waals surface area contributed by atoms with E-state index in [4.69, 9.17) is 0 Å². The zero-order valence-corrected chi connectivity index (χ0v) is 23.9. The van der Waals surface area contributed by atoms with E-state index in [0.29, 0.717) is 30.9 Å². The Morgan fingerprint density at radius 2 is 1.59 bits per heavy atom. The molecule has 6 nitrogen and oxygen atoms in total. The highest BCUT2D eigenvalue weighted by Gasteiger charge is 2.27. The van der Waals surface area contributed by atoms with Gasteiger partial charge in [0.25, 0.3) is 11.8 Å². The second-order valence-corrected chi connectivity index (χ2v) is 10.9. The third-order valence-electron chi connectivity index (χ3n) is 8.19. The summed E-state index contributed by atoms with van der Waals surface area (Å²) in [7, 11) is 1.96. The van der Waals surface area contributed by atoms with Gasteiger partial charge in [-0.05, 0) is 96.6 Å². The molecule has 1 aliphatic rings. The van der Waals surface area contributed by atoms with Gasteiger partial charge in [0.05, 0.1) is 19.6 Å². The number of aryl methyl sites for hydroxylation is 4. The summed E-state index contributed by atoms with van der Waals surface area (Å²) in [5, 5.41) is 3.05. The van der Waals surface area contributed by atoms with Crippen molar-refractivity contribution in [2.45, 2.75) is 40.4 Å². The predicted octanol–water partition coefficient (Wildman–Crippen LogP) is 6.56. The smallest absolute Gasteiger partial charge is 0.268 e. The summed E-state index contributed by atoms with van der Waals surface area (Å²) < 4.78 is 4.02. The van der Waals surface area contributed by atoms with E-state index in [1.165, 1.54) is 16.7 Å². The van der Waals surface area contributed by atoms with Crippen LogP contribution >= 0.6 is 0 Å². The fourth-order valence-electron chi connectivity index (χ4n) is 5.95. The molecule has 206 valence electrons. The van der Waals surface area contributed by atoms with E-state index in [0.717, 1.165) is 33.8 Å². The fourth-order valence-corrected chi connectivity index (χ4v) is 5.95. The fraction of sp³-hybridized carbons (Fsp3) is 0.200. The van der Waals surface area contributed by atoms with Crippen LogP contribution in [0.1, 0.15) is 54.5 Å². The summed E-state index contributed by atoms with van der Waals surface area (Å²) in [5.41, 5.74) is 10.9. The van der Waals surface area contributed by atoms with Crippen molar-refractivity contribution in [2.75, 3.05) is 4.90 Å². The molecule has 1 aliphatic heterocycles. The summed E-state index contributed by atoms with van der Waals surface area (Å²) in [5.74, 6) is -0.189. The Kier molecular flexibility index (Phi) is 6.83. The zero-order valence-electron chi connectivity index (χ0n) is 23.9. The Hall–Kier alpha value is -4.84. The first-order valence-electron chi connectivity index (χ1n) is 14.0. The van der Waals surface area contributed by atoms with Gasteiger partial charge < -0.3 is 19.4 Å². The largest absolute Gasteiger partial charge is 0.353 e. The van der Waals surface area contributed by atoms with Crippen LogP contribution in [-0.4, -0.2) is 20.9 Å². The number of carbonyl (C=O) groups excluding carboxylic acids is 2. The highest BCUT2D eigenvalue weighted by Crippen LogP contribution is 2.33. The Morgan fingerprint density at radius 1 is 0.805 bits per heavy atom. The number of fused-ring (bicyclic) bond motifs is 2. The number of benzene rings is 3. The van der Waals surface area contributed by atoms with Gasteiger partial charge in [-0.15, -0.1) is 0 Å². The minimum atomic E-state index is -0.132. The first-order valence-corrected chi connectivity index (χ1v) is 14.0. The van der Waals surface area contributed by atoms with Gasteiger partial charge in [0, 0.05) is 35.9 Å². The van der Waals surface area contributed by atoms with Crippen LogP contribution in [0.3, 0.4) is 0 Å². The third kappa shape index (κ3) is 4.86. The quantitative estimate of drug-likeness (QED) is 0.274. The first kappa shape index (κ1) is 26.4. The van der Waals surface area contributed by atoms with Crippen LogP contribution in [0, 0.1) is 20.8 Å². The number of carbonyl (C=O) groups is 2. The number of anilines is 1. The maximum atomic E-state index is 14.1. The Morgan fingerprint density at radius 3 is 2.32 bits per heavy atom. The highest BCUT2D eigenvalue weighted by molar-refractivity contribution is 6.07. The number of rotatable bonds is 5. The van der Waals surface area contributed by atoms with Crippen LogP contribution in [0.4, 0.5) is 5.69 Å². The average molecular weight is 543 g/mol. The van der Waals surface area contributed by atoms with Crippen molar-refractivity contribution < 1.29 is 9.59 Å². The number of aromatic nitrogens is 2. The second kappa shape index (κ2) is 10.6. The number of nitrogens with zero attached hydrogens (tertiary/aromatic N) is 3. The molecule has 0 radical (unpaired) electrons. The number of nitrogens with one attached hydrogen (secondary N) is 1. The van der Waals surface area contributed by atoms with Crippen molar-refractivity contribution in [3.63, 3.8) is 0 Å². The maximum Gasteiger partial charge on any atom is 0.268 e. The standard InChI is InChI=1S/C35H34N4O2/c1-23-9-7-10-24(2)33(23)30-16-14-26(19-25(30)3)35(41)39-22-29-15-17-32(34(40)36-20-28-12-8-18-37(28)4)38(29)21-27-11-5-6-13-31(27)39/h5-19H,20-22H2,1-4H3,(H,36,40). The average Bonchev–Trinajstić information content (AvgIpc) is 3.52. The molecule has 41 heavy (non-hydrogen) atoms.